The van der Waals surface area contributed by atoms with E-state index in [0.717, 1.165) is 12.0 Å². The van der Waals surface area contributed by atoms with Crippen LogP contribution in [0, 0.1) is 5.92 Å². The second-order valence-electron chi connectivity index (χ2n) is 5.94. The van der Waals surface area contributed by atoms with Crippen LogP contribution < -0.4 is 5.32 Å². The van der Waals surface area contributed by atoms with Crippen molar-refractivity contribution in [2.75, 3.05) is 6.54 Å². The molecule has 2 rings (SSSR count). The highest BCUT2D eigenvalue weighted by Crippen LogP contribution is 2.27. The number of rotatable bonds is 6. The average molecular weight is 263 g/mol. The zero-order valence-electron chi connectivity index (χ0n) is 12.6. The number of nitrogens with zero attached hydrogens (tertiary/aromatic N) is 2. The van der Waals surface area contributed by atoms with E-state index in [1.807, 2.05) is 10.9 Å². The van der Waals surface area contributed by atoms with Gasteiger partial charge in [0, 0.05) is 25.0 Å². The van der Waals surface area contributed by atoms with Gasteiger partial charge < -0.3 is 5.32 Å². The van der Waals surface area contributed by atoms with Crippen molar-refractivity contribution in [1.29, 1.82) is 0 Å². The van der Waals surface area contributed by atoms with Crippen molar-refractivity contribution in [2.24, 2.45) is 13.0 Å². The molecule has 1 aliphatic rings. The van der Waals surface area contributed by atoms with Crippen molar-refractivity contribution >= 4 is 0 Å². The summed E-state index contributed by atoms with van der Waals surface area (Å²) in [5.41, 5.74) is 1.37. The molecule has 0 aromatic carbocycles. The van der Waals surface area contributed by atoms with Crippen LogP contribution in [0.5, 0.6) is 0 Å². The molecule has 108 valence electrons. The minimum absolute atomic E-state index is 0.746. The third kappa shape index (κ3) is 4.34. The summed E-state index contributed by atoms with van der Waals surface area (Å²) in [5, 5.41) is 8.05. The van der Waals surface area contributed by atoms with Gasteiger partial charge in [-0.25, -0.2) is 0 Å². The molecular formula is C16H29N3. The Hall–Kier alpha value is -0.830. The van der Waals surface area contributed by atoms with E-state index < -0.39 is 0 Å². The fourth-order valence-corrected chi connectivity index (χ4v) is 3.31. The van der Waals surface area contributed by atoms with Gasteiger partial charge in [-0.05, 0) is 50.6 Å². The molecule has 1 N–H and O–H groups in total. The largest absolute Gasteiger partial charge is 0.314 e. The first-order chi connectivity index (χ1) is 9.31. The fraction of sp³-hybridized carbons (Fsp3) is 0.812. The maximum atomic E-state index is 4.27. The second-order valence-corrected chi connectivity index (χ2v) is 5.94. The number of aryl methyl sites for hydroxylation is 2. The van der Waals surface area contributed by atoms with Crippen LogP contribution in [0.25, 0.3) is 0 Å². The molecule has 0 bridgehead atoms. The van der Waals surface area contributed by atoms with Crippen molar-refractivity contribution in [2.45, 2.75) is 64.3 Å². The molecule has 0 radical (unpaired) electrons. The highest BCUT2D eigenvalue weighted by Gasteiger charge is 2.23. The Morgan fingerprint density at radius 2 is 2.16 bits per heavy atom. The zero-order chi connectivity index (χ0) is 13.5. The minimum Gasteiger partial charge on any atom is -0.314 e. The van der Waals surface area contributed by atoms with Crippen LogP contribution in [0.2, 0.25) is 0 Å². The first-order valence-corrected chi connectivity index (χ1v) is 8.01. The Morgan fingerprint density at radius 1 is 1.32 bits per heavy atom. The standard InChI is InChI=1S/C16H29N3/c1-3-12-17-16-8-6-4-5-7-14(16)9-10-15-11-13-18-19(15)2/h11,13-14,16-17H,3-10,12H2,1-2H3. The van der Waals surface area contributed by atoms with Gasteiger partial charge in [0.05, 0.1) is 0 Å². The number of hydrogen-bond acceptors (Lipinski definition) is 2. The molecule has 0 amide bonds. The molecule has 0 saturated heterocycles. The summed E-state index contributed by atoms with van der Waals surface area (Å²) in [4.78, 5) is 0. The molecule has 2 unspecified atom stereocenters. The first-order valence-electron chi connectivity index (χ1n) is 8.01. The van der Waals surface area contributed by atoms with Crippen molar-refractivity contribution in [3.8, 4) is 0 Å². The quantitative estimate of drug-likeness (QED) is 0.798. The van der Waals surface area contributed by atoms with Gasteiger partial charge in [-0.2, -0.15) is 5.10 Å². The van der Waals surface area contributed by atoms with E-state index in [4.69, 9.17) is 0 Å². The molecule has 1 aromatic rings. The van der Waals surface area contributed by atoms with Gasteiger partial charge in [-0.15, -0.1) is 0 Å². The Labute approximate surface area is 117 Å². The summed E-state index contributed by atoms with van der Waals surface area (Å²) in [5.74, 6) is 0.851. The summed E-state index contributed by atoms with van der Waals surface area (Å²) in [7, 11) is 2.05. The summed E-state index contributed by atoms with van der Waals surface area (Å²) < 4.78 is 2.02. The van der Waals surface area contributed by atoms with E-state index in [1.54, 1.807) is 0 Å². The predicted octanol–water partition coefficient (Wildman–Crippen LogP) is 3.30. The van der Waals surface area contributed by atoms with Gasteiger partial charge >= 0.3 is 0 Å². The number of aromatic nitrogens is 2. The molecule has 19 heavy (non-hydrogen) atoms. The maximum absolute atomic E-state index is 4.27. The molecule has 0 aliphatic heterocycles. The third-order valence-electron chi connectivity index (χ3n) is 4.51. The van der Waals surface area contributed by atoms with Gasteiger partial charge in [-0.1, -0.05) is 26.2 Å². The lowest BCUT2D eigenvalue weighted by atomic mass is 9.89. The van der Waals surface area contributed by atoms with E-state index in [1.165, 1.54) is 63.6 Å². The van der Waals surface area contributed by atoms with E-state index in [9.17, 15) is 0 Å². The molecule has 3 nitrogen and oxygen atoms in total. The zero-order valence-corrected chi connectivity index (χ0v) is 12.6. The Morgan fingerprint density at radius 3 is 2.89 bits per heavy atom. The number of hydrogen-bond donors (Lipinski definition) is 1. The minimum atomic E-state index is 0.746. The molecule has 2 atom stereocenters. The van der Waals surface area contributed by atoms with Crippen LogP contribution in [0.4, 0.5) is 0 Å². The second kappa shape index (κ2) is 7.68. The van der Waals surface area contributed by atoms with Crippen LogP contribution in [0.1, 0.15) is 57.6 Å². The molecule has 1 aromatic heterocycles. The van der Waals surface area contributed by atoms with Crippen molar-refractivity contribution in [3.63, 3.8) is 0 Å². The van der Waals surface area contributed by atoms with Crippen LogP contribution >= 0.6 is 0 Å². The normalized spacial score (nSPS) is 24.3. The van der Waals surface area contributed by atoms with E-state index in [0.29, 0.717) is 0 Å². The smallest absolute Gasteiger partial charge is 0.0492 e. The van der Waals surface area contributed by atoms with Crippen LogP contribution in [0.3, 0.4) is 0 Å². The van der Waals surface area contributed by atoms with Gasteiger partial charge in [0.25, 0.3) is 0 Å². The van der Waals surface area contributed by atoms with Gasteiger partial charge in [0.1, 0.15) is 0 Å². The average Bonchev–Trinajstić information content (AvgIpc) is 2.70. The maximum Gasteiger partial charge on any atom is 0.0492 e. The van der Waals surface area contributed by atoms with E-state index in [2.05, 4.69) is 30.5 Å². The highest BCUT2D eigenvalue weighted by atomic mass is 15.2. The van der Waals surface area contributed by atoms with Crippen molar-refractivity contribution in [3.05, 3.63) is 18.0 Å². The SMILES string of the molecule is CCCNC1CCCCCC1CCc1ccnn1C. The van der Waals surface area contributed by atoms with Crippen LogP contribution in [-0.4, -0.2) is 22.4 Å². The molecular weight excluding hydrogens is 234 g/mol. The molecule has 1 aliphatic carbocycles. The Balaban J connectivity index is 1.88. The monoisotopic (exact) mass is 263 g/mol. The number of nitrogens with one attached hydrogen (secondary N) is 1. The summed E-state index contributed by atoms with van der Waals surface area (Å²) in [6.07, 6.45) is 12.7. The molecule has 1 heterocycles. The fourth-order valence-electron chi connectivity index (χ4n) is 3.31. The topological polar surface area (TPSA) is 29.9 Å². The highest BCUT2D eigenvalue weighted by molar-refractivity contribution is 5.00. The van der Waals surface area contributed by atoms with E-state index >= 15 is 0 Å². The lowest BCUT2D eigenvalue weighted by Crippen LogP contribution is -2.36. The van der Waals surface area contributed by atoms with Crippen molar-refractivity contribution in [1.82, 2.24) is 15.1 Å². The van der Waals surface area contributed by atoms with Crippen LogP contribution in [-0.2, 0) is 13.5 Å². The Bertz CT molecular complexity index is 359. The lowest BCUT2D eigenvalue weighted by Gasteiger charge is -2.26. The van der Waals surface area contributed by atoms with Crippen molar-refractivity contribution < 1.29 is 0 Å². The molecule has 3 heteroatoms. The van der Waals surface area contributed by atoms with E-state index in [-0.39, 0.29) is 0 Å². The van der Waals surface area contributed by atoms with Gasteiger partial charge in [0.2, 0.25) is 0 Å². The first kappa shape index (κ1) is 14.6. The van der Waals surface area contributed by atoms with Gasteiger partial charge in [-0.3, -0.25) is 4.68 Å². The lowest BCUT2D eigenvalue weighted by molar-refractivity contribution is 0.315. The predicted molar refractivity (Wildman–Crippen MR) is 80.2 cm³/mol. The Kier molecular flexibility index (Phi) is 5.90. The summed E-state index contributed by atoms with van der Waals surface area (Å²) in [6, 6.07) is 2.90. The molecule has 1 saturated carbocycles. The molecule has 1 fully saturated rings. The molecule has 0 spiro atoms. The van der Waals surface area contributed by atoms with Gasteiger partial charge in [0.15, 0.2) is 0 Å². The van der Waals surface area contributed by atoms with Crippen LogP contribution in [0.15, 0.2) is 12.3 Å². The summed E-state index contributed by atoms with van der Waals surface area (Å²) in [6.45, 7) is 3.43. The third-order valence-corrected chi connectivity index (χ3v) is 4.51. The summed E-state index contributed by atoms with van der Waals surface area (Å²) >= 11 is 0.